The first kappa shape index (κ1) is 26.7. The van der Waals surface area contributed by atoms with E-state index in [0.29, 0.717) is 17.3 Å². The molecule has 0 saturated heterocycles. The predicted octanol–water partition coefficient (Wildman–Crippen LogP) is 10.3. The van der Waals surface area contributed by atoms with Crippen LogP contribution in [0.1, 0.15) is 0 Å². The standard InChI is InChI=1S/C41H23F2N5/c42-26-17-13-24(14-18-26)34-23-35(25-15-19-27(43)20-16-25)46-41(45-34)48-36-11-5-3-8-29(36)32-22-38-31(21-39(32)48)28-7-1-2-9-30(28)40-44-33-10-4-6-12-37(33)47(38)40/h1-23H. The maximum absolute atomic E-state index is 14.0. The quantitative estimate of drug-likeness (QED) is 0.184. The smallest absolute Gasteiger partial charge is 0.235 e. The summed E-state index contributed by atoms with van der Waals surface area (Å²) >= 11 is 0. The van der Waals surface area contributed by atoms with Gasteiger partial charge < -0.3 is 0 Å². The summed E-state index contributed by atoms with van der Waals surface area (Å²) in [5.74, 6) is -0.193. The second-order valence-electron chi connectivity index (χ2n) is 12.0. The van der Waals surface area contributed by atoms with Crippen LogP contribution in [0.2, 0.25) is 0 Å². The molecule has 226 valence electrons. The highest BCUT2D eigenvalue weighted by atomic mass is 19.1. The van der Waals surface area contributed by atoms with E-state index in [0.717, 1.165) is 71.3 Å². The summed E-state index contributed by atoms with van der Waals surface area (Å²) in [4.78, 5) is 15.2. The fourth-order valence-corrected chi connectivity index (χ4v) is 7.05. The van der Waals surface area contributed by atoms with Crippen molar-refractivity contribution >= 4 is 60.2 Å². The molecule has 6 aromatic carbocycles. The van der Waals surface area contributed by atoms with Gasteiger partial charge in [-0.05, 0) is 90.3 Å². The van der Waals surface area contributed by atoms with E-state index in [-0.39, 0.29) is 11.6 Å². The largest absolute Gasteiger partial charge is 0.292 e. The lowest BCUT2D eigenvalue weighted by atomic mass is 10.0. The number of para-hydroxylation sites is 3. The molecule has 0 amide bonds. The topological polar surface area (TPSA) is 48.0 Å². The summed E-state index contributed by atoms with van der Waals surface area (Å²) in [6.07, 6.45) is 0. The number of hydrogen-bond acceptors (Lipinski definition) is 3. The molecule has 0 aliphatic heterocycles. The van der Waals surface area contributed by atoms with E-state index in [2.05, 4.69) is 69.6 Å². The van der Waals surface area contributed by atoms with Crippen molar-refractivity contribution < 1.29 is 8.78 Å². The highest BCUT2D eigenvalue weighted by Crippen LogP contribution is 2.39. The molecule has 0 aliphatic rings. The molecule has 0 unspecified atom stereocenters. The minimum atomic E-state index is -0.326. The van der Waals surface area contributed by atoms with Crippen LogP contribution in [0.4, 0.5) is 8.78 Å². The van der Waals surface area contributed by atoms with E-state index >= 15 is 0 Å². The third kappa shape index (κ3) is 3.91. The molecule has 10 aromatic rings. The minimum Gasteiger partial charge on any atom is -0.292 e. The summed E-state index contributed by atoms with van der Waals surface area (Å²) in [5.41, 5.74) is 8.60. The Hall–Kier alpha value is -6.47. The molecule has 0 spiro atoms. The fraction of sp³-hybridized carbons (Fsp3) is 0. The van der Waals surface area contributed by atoms with Gasteiger partial charge in [-0.3, -0.25) is 8.97 Å². The van der Waals surface area contributed by atoms with E-state index < -0.39 is 0 Å². The van der Waals surface area contributed by atoms with Crippen LogP contribution in [0, 0.1) is 11.6 Å². The molecule has 4 aromatic heterocycles. The van der Waals surface area contributed by atoms with Crippen LogP contribution < -0.4 is 0 Å². The Kier molecular flexibility index (Phi) is 5.57. The minimum absolute atomic E-state index is 0.326. The number of aromatic nitrogens is 5. The molecule has 0 atom stereocenters. The molecule has 0 radical (unpaired) electrons. The van der Waals surface area contributed by atoms with Crippen molar-refractivity contribution in [1.82, 2.24) is 23.9 Å². The molecule has 5 nitrogen and oxygen atoms in total. The van der Waals surface area contributed by atoms with Gasteiger partial charge >= 0.3 is 0 Å². The number of halogens is 2. The Labute approximate surface area is 272 Å². The number of imidazole rings is 1. The van der Waals surface area contributed by atoms with E-state index in [4.69, 9.17) is 15.0 Å². The highest BCUT2D eigenvalue weighted by Gasteiger charge is 2.20. The summed E-state index contributed by atoms with van der Waals surface area (Å²) in [5, 5.41) is 5.34. The number of nitrogens with zero attached hydrogens (tertiary/aromatic N) is 5. The van der Waals surface area contributed by atoms with E-state index in [9.17, 15) is 8.78 Å². The third-order valence-electron chi connectivity index (χ3n) is 9.24. The van der Waals surface area contributed by atoms with Gasteiger partial charge in [0.2, 0.25) is 5.95 Å². The van der Waals surface area contributed by atoms with Gasteiger partial charge in [0.05, 0.1) is 39.0 Å². The third-order valence-corrected chi connectivity index (χ3v) is 9.24. The van der Waals surface area contributed by atoms with E-state index in [1.807, 2.05) is 30.3 Å². The maximum atomic E-state index is 14.0. The fourth-order valence-electron chi connectivity index (χ4n) is 7.05. The zero-order chi connectivity index (χ0) is 31.9. The van der Waals surface area contributed by atoms with Crippen LogP contribution in [-0.4, -0.2) is 23.9 Å². The molecule has 0 aliphatic carbocycles. The molecular formula is C41H23F2N5. The van der Waals surface area contributed by atoms with E-state index in [1.54, 1.807) is 24.3 Å². The van der Waals surface area contributed by atoms with Crippen LogP contribution in [0.3, 0.4) is 0 Å². The highest BCUT2D eigenvalue weighted by molar-refractivity contribution is 6.20. The van der Waals surface area contributed by atoms with Gasteiger partial charge in [0.25, 0.3) is 0 Å². The van der Waals surface area contributed by atoms with Crippen LogP contribution in [0.5, 0.6) is 0 Å². The first-order valence-corrected chi connectivity index (χ1v) is 15.7. The Morgan fingerprint density at radius 1 is 0.417 bits per heavy atom. The van der Waals surface area contributed by atoms with E-state index in [1.165, 1.54) is 24.3 Å². The number of benzene rings is 6. The zero-order valence-corrected chi connectivity index (χ0v) is 25.3. The molecule has 48 heavy (non-hydrogen) atoms. The number of pyridine rings is 1. The summed E-state index contributed by atoms with van der Waals surface area (Å²) < 4.78 is 32.3. The lowest BCUT2D eigenvalue weighted by Gasteiger charge is -2.13. The lowest BCUT2D eigenvalue weighted by Crippen LogP contribution is -2.04. The SMILES string of the molecule is Fc1ccc(-c2cc(-c3ccc(F)cc3)nc(-n3c4ccccc4c4cc5c(cc43)c3ccccc3c3nc4ccccc4n53)n2)cc1. The van der Waals surface area contributed by atoms with Crippen molar-refractivity contribution in [1.29, 1.82) is 0 Å². The predicted molar refractivity (Wildman–Crippen MR) is 188 cm³/mol. The number of rotatable bonds is 3. The lowest BCUT2D eigenvalue weighted by molar-refractivity contribution is 0.627. The van der Waals surface area contributed by atoms with Crippen LogP contribution >= 0.6 is 0 Å². The second-order valence-corrected chi connectivity index (χ2v) is 12.0. The van der Waals surface area contributed by atoms with Crippen LogP contribution in [0.25, 0.3) is 88.6 Å². The van der Waals surface area contributed by atoms with Gasteiger partial charge in [-0.15, -0.1) is 0 Å². The molecule has 0 N–H and O–H groups in total. The number of fused-ring (bicyclic) bond motifs is 11. The summed E-state index contributed by atoms with van der Waals surface area (Å²) in [7, 11) is 0. The molecule has 0 bridgehead atoms. The average Bonchev–Trinajstić information content (AvgIpc) is 3.68. The van der Waals surface area contributed by atoms with Crippen molar-refractivity contribution in [3.8, 4) is 28.5 Å². The Morgan fingerprint density at radius 3 is 1.65 bits per heavy atom. The molecule has 4 heterocycles. The van der Waals surface area contributed by atoms with Crippen molar-refractivity contribution in [3.63, 3.8) is 0 Å². The van der Waals surface area contributed by atoms with Crippen LogP contribution in [0.15, 0.2) is 140 Å². The van der Waals surface area contributed by atoms with Crippen molar-refractivity contribution in [2.45, 2.75) is 0 Å². The van der Waals surface area contributed by atoms with Gasteiger partial charge in [-0.2, -0.15) is 0 Å². The Balaban J connectivity index is 1.35. The monoisotopic (exact) mass is 623 g/mol. The van der Waals surface area contributed by atoms with Crippen LogP contribution in [-0.2, 0) is 0 Å². The Bertz CT molecular complexity index is 2840. The first-order valence-electron chi connectivity index (χ1n) is 15.7. The van der Waals surface area contributed by atoms with Gasteiger partial charge in [-0.25, -0.2) is 23.7 Å². The van der Waals surface area contributed by atoms with Gasteiger partial charge in [0.15, 0.2) is 0 Å². The summed E-state index contributed by atoms with van der Waals surface area (Å²) in [6, 6.07) is 43.7. The van der Waals surface area contributed by atoms with Crippen molar-refractivity contribution in [2.75, 3.05) is 0 Å². The molecule has 7 heteroatoms. The van der Waals surface area contributed by atoms with Crippen molar-refractivity contribution in [3.05, 3.63) is 151 Å². The normalized spacial score (nSPS) is 12.0. The molecule has 10 rings (SSSR count). The second kappa shape index (κ2) is 10.0. The van der Waals surface area contributed by atoms with Crippen molar-refractivity contribution in [2.24, 2.45) is 0 Å². The molecule has 0 fully saturated rings. The zero-order valence-electron chi connectivity index (χ0n) is 25.3. The first-order chi connectivity index (χ1) is 23.6. The molecular weight excluding hydrogens is 600 g/mol. The van der Waals surface area contributed by atoms with Gasteiger partial charge in [0.1, 0.15) is 17.3 Å². The number of hydrogen-bond donors (Lipinski definition) is 0. The maximum Gasteiger partial charge on any atom is 0.235 e. The van der Waals surface area contributed by atoms with Gasteiger partial charge in [-0.1, -0.05) is 54.6 Å². The average molecular weight is 624 g/mol. The summed E-state index contributed by atoms with van der Waals surface area (Å²) in [6.45, 7) is 0. The molecule has 0 saturated carbocycles. The Morgan fingerprint density at radius 2 is 0.958 bits per heavy atom. The van der Waals surface area contributed by atoms with Gasteiger partial charge in [0, 0.05) is 32.7 Å².